The number of rotatable bonds is 8. The van der Waals surface area contributed by atoms with Gasteiger partial charge < -0.3 is 24.6 Å². The lowest BCUT2D eigenvalue weighted by atomic mass is 10.1. The first kappa shape index (κ1) is 25.2. The van der Waals surface area contributed by atoms with Crippen LogP contribution in [0.25, 0.3) is 33.4 Å². The number of fused-ring (bicyclic) bond motifs is 1. The fourth-order valence-corrected chi connectivity index (χ4v) is 5.09. The molecule has 3 heterocycles. The first-order valence-electron chi connectivity index (χ1n) is 13.1. The van der Waals surface area contributed by atoms with Gasteiger partial charge >= 0.3 is 0 Å². The van der Waals surface area contributed by atoms with Crippen LogP contribution >= 0.6 is 0 Å². The Kier molecular flexibility index (Phi) is 7.44. The third-order valence-corrected chi connectivity index (χ3v) is 7.40. The number of piperazine rings is 1. The minimum Gasteiger partial charge on any atom is -0.386 e. The Bertz CT molecular complexity index is 1370. The molecular weight excluding hydrogens is 463 g/mol. The second kappa shape index (κ2) is 10.9. The summed E-state index contributed by atoms with van der Waals surface area (Å²) in [5.74, 6) is -0.276. The quantitative estimate of drug-likeness (QED) is 0.358. The molecule has 2 aromatic heterocycles. The Morgan fingerprint density at radius 3 is 2.49 bits per heavy atom. The minimum atomic E-state index is -0.276. The summed E-state index contributed by atoms with van der Waals surface area (Å²) in [6.07, 6.45) is 3.33. The van der Waals surface area contributed by atoms with Crippen LogP contribution in [0, 0.1) is 5.82 Å². The summed E-state index contributed by atoms with van der Waals surface area (Å²) in [6.45, 7) is 6.59. The van der Waals surface area contributed by atoms with E-state index in [0.29, 0.717) is 5.69 Å². The van der Waals surface area contributed by atoms with Crippen LogP contribution in [0.2, 0.25) is 0 Å². The van der Waals surface area contributed by atoms with Crippen molar-refractivity contribution in [2.45, 2.75) is 13.0 Å². The molecule has 5 rings (SSSR count). The summed E-state index contributed by atoms with van der Waals surface area (Å²) in [5, 5.41) is 2.89. The maximum absolute atomic E-state index is 14.5. The molecule has 1 aliphatic heterocycles. The normalized spacial score (nSPS) is 14.8. The average Bonchev–Trinajstić information content (AvgIpc) is 3.27. The molecule has 0 bridgehead atoms. The van der Waals surface area contributed by atoms with E-state index in [2.05, 4.69) is 82.3 Å². The van der Waals surface area contributed by atoms with Gasteiger partial charge in [-0.2, -0.15) is 0 Å². The van der Waals surface area contributed by atoms with E-state index in [0.717, 1.165) is 84.8 Å². The summed E-state index contributed by atoms with van der Waals surface area (Å²) in [7, 11) is 8.03. The highest BCUT2D eigenvalue weighted by Crippen LogP contribution is 2.34. The molecule has 0 unspecified atom stereocenters. The second-order valence-corrected chi connectivity index (χ2v) is 10.2. The minimum absolute atomic E-state index is 0.276. The highest BCUT2D eigenvalue weighted by molar-refractivity contribution is 5.95. The lowest BCUT2D eigenvalue weighted by molar-refractivity contribution is 0.151. The third-order valence-electron chi connectivity index (χ3n) is 7.40. The largest absolute Gasteiger partial charge is 0.386 e. The smallest absolute Gasteiger partial charge is 0.146 e. The molecule has 0 atom stereocenters. The van der Waals surface area contributed by atoms with Gasteiger partial charge in [0, 0.05) is 76.9 Å². The van der Waals surface area contributed by atoms with E-state index in [1.165, 1.54) is 0 Å². The molecule has 0 spiro atoms. The van der Waals surface area contributed by atoms with Gasteiger partial charge in [0.1, 0.15) is 5.82 Å². The van der Waals surface area contributed by atoms with E-state index < -0.39 is 0 Å². The van der Waals surface area contributed by atoms with Gasteiger partial charge in [0.25, 0.3) is 0 Å². The molecule has 0 saturated carbocycles. The molecule has 37 heavy (non-hydrogen) atoms. The number of nitrogens with one attached hydrogen (secondary N) is 1. The predicted molar refractivity (Wildman–Crippen MR) is 153 cm³/mol. The topological polar surface area (TPSA) is 39.6 Å². The molecule has 194 valence electrons. The van der Waals surface area contributed by atoms with E-state index in [-0.39, 0.29) is 5.82 Å². The zero-order chi connectivity index (χ0) is 25.9. The van der Waals surface area contributed by atoms with E-state index in [1.807, 2.05) is 12.1 Å². The standard InChI is InChI=1S/C30H37FN6/c1-32-28-10-9-23(20-26(28)31)27-11-12-29-30(33-27)25(22-7-5-8-24(19-22)34(2)3)21-37(29)14-6-13-36-17-15-35(4)16-18-36/h5,7-12,19-21,32H,6,13-18H2,1-4H3. The van der Waals surface area contributed by atoms with Crippen molar-refractivity contribution in [1.82, 2.24) is 19.4 Å². The maximum Gasteiger partial charge on any atom is 0.146 e. The lowest BCUT2D eigenvalue weighted by Gasteiger charge is -2.32. The number of aromatic nitrogens is 2. The number of benzene rings is 2. The van der Waals surface area contributed by atoms with Crippen LogP contribution in [-0.2, 0) is 6.54 Å². The van der Waals surface area contributed by atoms with Crippen molar-refractivity contribution in [3.63, 3.8) is 0 Å². The maximum atomic E-state index is 14.5. The van der Waals surface area contributed by atoms with Crippen LogP contribution in [0.5, 0.6) is 0 Å². The Hall–Kier alpha value is -3.42. The number of halogens is 1. The van der Waals surface area contributed by atoms with E-state index in [1.54, 1.807) is 19.2 Å². The first-order chi connectivity index (χ1) is 17.9. The molecule has 1 N–H and O–H groups in total. The van der Waals surface area contributed by atoms with Gasteiger partial charge in [0.15, 0.2) is 0 Å². The summed E-state index contributed by atoms with van der Waals surface area (Å²) >= 11 is 0. The molecule has 0 aliphatic carbocycles. The van der Waals surface area contributed by atoms with Gasteiger partial charge in [-0.05, 0) is 62.0 Å². The van der Waals surface area contributed by atoms with Crippen molar-refractivity contribution >= 4 is 22.4 Å². The van der Waals surface area contributed by atoms with Crippen molar-refractivity contribution in [2.24, 2.45) is 0 Å². The van der Waals surface area contributed by atoms with Gasteiger partial charge in [-0.15, -0.1) is 0 Å². The van der Waals surface area contributed by atoms with E-state index >= 15 is 0 Å². The Morgan fingerprint density at radius 1 is 0.946 bits per heavy atom. The van der Waals surface area contributed by atoms with Gasteiger partial charge in [0.05, 0.1) is 22.4 Å². The summed E-state index contributed by atoms with van der Waals surface area (Å²) in [5.41, 5.74) is 7.48. The molecule has 4 aromatic rings. The van der Waals surface area contributed by atoms with Gasteiger partial charge in [0.2, 0.25) is 0 Å². The fourth-order valence-electron chi connectivity index (χ4n) is 5.09. The monoisotopic (exact) mass is 500 g/mol. The Balaban J connectivity index is 1.50. The average molecular weight is 501 g/mol. The molecule has 2 aromatic carbocycles. The first-order valence-corrected chi connectivity index (χ1v) is 13.1. The molecule has 1 fully saturated rings. The van der Waals surface area contributed by atoms with Crippen LogP contribution in [0.15, 0.2) is 60.8 Å². The fraction of sp³-hybridized carbons (Fsp3) is 0.367. The van der Waals surface area contributed by atoms with Crippen LogP contribution in [0.1, 0.15) is 6.42 Å². The number of anilines is 2. The zero-order valence-electron chi connectivity index (χ0n) is 22.3. The van der Waals surface area contributed by atoms with Gasteiger partial charge in [-0.1, -0.05) is 18.2 Å². The SMILES string of the molecule is CNc1ccc(-c2ccc3c(n2)c(-c2cccc(N(C)C)c2)cn3CCCN2CCN(C)CC2)cc1F. The zero-order valence-corrected chi connectivity index (χ0v) is 22.3. The Morgan fingerprint density at radius 2 is 1.76 bits per heavy atom. The number of pyridine rings is 1. The predicted octanol–water partition coefficient (Wildman–Crippen LogP) is 5.25. The van der Waals surface area contributed by atoms with Crippen molar-refractivity contribution in [3.05, 3.63) is 66.6 Å². The van der Waals surface area contributed by atoms with Gasteiger partial charge in [-0.3, -0.25) is 0 Å². The van der Waals surface area contributed by atoms with Gasteiger partial charge in [-0.25, -0.2) is 9.37 Å². The summed E-state index contributed by atoms with van der Waals surface area (Å²) in [4.78, 5) is 12.2. The molecule has 1 aliphatic rings. The van der Waals surface area contributed by atoms with Crippen LogP contribution < -0.4 is 10.2 Å². The lowest BCUT2D eigenvalue weighted by Crippen LogP contribution is -2.44. The molecule has 1 saturated heterocycles. The molecule has 7 heteroatoms. The van der Waals surface area contributed by atoms with Crippen molar-refractivity contribution in [1.29, 1.82) is 0 Å². The highest BCUT2D eigenvalue weighted by atomic mass is 19.1. The number of nitrogens with zero attached hydrogens (tertiary/aromatic N) is 5. The number of hydrogen-bond donors (Lipinski definition) is 1. The highest BCUT2D eigenvalue weighted by Gasteiger charge is 2.16. The summed E-state index contributed by atoms with van der Waals surface area (Å²) < 4.78 is 16.9. The Labute approximate surface area is 219 Å². The van der Waals surface area contributed by atoms with Crippen LogP contribution in [0.3, 0.4) is 0 Å². The molecule has 0 radical (unpaired) electrons. The molecule has 6 nitrogen and oxygen atoms in total. The van der Waals surface area contributed by atoms with Crippen molar-refractivity contribution in [3.8, 4) is 22.4 Å². The van der Waals surface area contributed by atoms with Crippen molar-refractivity contribution in [2.75, 3.05) is 71.1 Å². The second-order valence-electron chi connectivity index (χ2n) is 10.2. The number of hydrogen-bond acceptors (Lipinski definition) is 5. The third kappa shape index (κ3) is 5.48. The molecule has 0 amide bonds. The van der Waals surface area contributed by atoms with E-state index in [9.17, 15) is 4.39 Å². The number of likely N-dealkylation sites (N-methyl/N-ethyl adjacent to an activating group) is 1. The van der Waals surface area contributed by atoms with Crippen LogP contribution in [-0.4, -0.2) is 80.3 Å². The summed E-state index contributed by atoms with van der Waals surface area (Å²) in [6, 6.07) is 17.9. The van der Waals surface area contributed by atoms with Crippen LogP contribution in [0.4, 0.5) is 15.8 Å². The van der Waals surface area contributed by atoms with Crippen molar-refractivity contribution < 1.29 is 4.39 Å². The number of aryl methyl sites for hydroxylation is 1. The van der Waals surface area contributed by atoms with E-state index in [4.69, 9.17) is 4.98 Å². The molecular formula is C30H37FN6.